The van der Waals surface area contributed by atoms with Crippen LogP contribution in [0, 0.1) is 5.92 Å². The van der Waals surface area contributed by atoms with Crippen molar-refractivity contribution in [3.05, 3.63) is 22.4 Å². The van der Waals surface area contributed by atoms with Gasteiger partial charge >= 0.3 is 0 Å². The number of hydrogen-bond acceptors (Lipinski definition) is 5. The summed E-state index contributed by atoms with van der Waals surface area (Å²) < 4.78 is 10.7. The molecule has 0 aliphatic rings. The average molecular weight is 314 g/mol. The van der Waals surface area contributed by atoms with Gasteiger partial charge in [0.15, 0.2) is 0 Å². The molecule has 0 aliphatic carbocycles. The molecule has 0 aliphatic heterocycles. The van der Waals surface area contributed by atoms with E-state index in [1.54, 1.807) is 25.6 Å². The van der Waals surface area contributed by atoms with Gasteiger partial charge in [0, 0.05) is 25.6 Å². The van der Waals surface area contributed by atoms with Crippen LogP contribution in [-0.4, -0.2) is 44.0 Å². The summed E-state index contributed by atoms with van der Waals surface area (Å²) in [6.07, 6.45) is 0.951. The summed E-state index contributed by atoms with van der Waals surface area (Å²) in [5, 5.41) is 2.05. The van der Waals surface area contributed by atoms with E-state index in [9.17, 15) is 4.79 Å². The molecule has 5 nitrogen and oxygen atoms in total. The van der Waals surface area contributed by atoms with E-state index in [1.165, 1.54) is 4.88 Å². The average Bonchev–Trinajstić information content (AvgIpc) is 2.94. The molecule has 6 heteroatoms. The molecule has 1 rings (SSSR count). The second-order valence-electron chi connectivity index (χ2n) is 5.39. The van der Waals surface area contributed by atoms with Gasteiger partial charge in [-0.3, -0.25) is 4.79 Å². The maximum absolute atomic E-state index is 11.8. The van der Waals surface area contributed by atoms with Gasteiger partial charge in [0.2, 0.25) is 12.3 Å². The molecule has 0 radical (unpaired) electrons. The Bertz CT molecular complexity index is 405. The van der Waals surface area contributed by atoms with Crippen molar-refractivity contribution in [3.63, 3.8) is 0 Å². The zero-order valence-electron chi connectivity index (χ0n) is 13.2. The van der Waals surface area contributed by atoms with Gasteiger partial charge in [0.05, 0.1) is 6.04 Å². The van der Waals surface area contributed by atoms with Gasteiger partial charge in [-0.15, -0.1) is 11.3 Å². The molecule has 0 fully saturated rings. The summed E-state index contributed by atoms with van der Waals surface area (Å²) in [4.78, 5) is 15.0. The monoisotopic (exact) mass is 314 g/mol. The SMILES string of the molecule is COC(OC)N(CCc1cccs1)[C@@H](CC(C)C)C(N)=O. The number of rotatable bonds is 10. The van der Waals surface area contributed by atoms with Crippen LogP contribution in [0.4, 0.5) is 0 Å². The van der Waals surface area contributed by atoms with Gasteiger partial charge in [-0.1, -0.05) is 19.9 Å². The maximum Gasteiger partial charge on any atom is 0.234 e. The Morgan fingerprint density at radius 1 is 1.38 bits per heavy atom. The van der Waals surface area contributed by atoms with E-state index in [-0.39, 0.29) is 5.91 Å². The number of nitrogens with two attached hydrogens (primary N) is 1. The van der Waals surface area contributed by atoms with Crippen molar-refractivity contribution >= 4 is 17.2 Å². The van der Waals surface area contributed by atoms with Gasteiger partial charge in [-0.05, 0) is 30.2 Å². The Balaban J connectivity index is 2.84. The Morgan fingerprint density at radius 2 is 2.05 bits per heavy atom. The summed E-state index contributed by atoms with van der Waals surface area (Å²) in [5.41, 5.74) is 5.59. The fraction of sp³-hybridized carbons (Fsp3) is 0.667. The molecular weight excluding hydrogens is 288 g/mol. The number of carbonyl (C=O) groups is 1. The van der Waals surface area contributed by atoms with Crippen LogP contribution in [0.2, 0.25) is 0 Å². The molecule has 0 spiro atoms. The highest BCUT2D eigenvalue weighted by molar-refractivity contribution is 7.09. The summed E-state index contributed by atoms with van der Waals surface area (Å²) in [6.45, 7) is 4.80. The zero-order valence-corrected chi connectivity index (χ0v) is 14.1. The molecule has 0 aromatic carbocycles. The minimum Gasteiger partial charge on any atom is -0.368 e. The van der Waals surface area contributed by atoms with Crippen LogP contribution in [0.1, 0.15) is 25.1 Å². The van der Waals surface area contributed by atoms with Gasteiger partial charge in [-0.25, -0.2) is 4.90 Å². The first kappa shape index (κ1) is 18.1. The van der Waals surface area contributed by atoms with Crippen molar-refractivity contribution in [3.8, 4) is 0 Å². The largest absolute Gasteiger partial charge is 0.368 e. The minimum atomic E-state index is -0.568. The number of hydrogen-bond donors (Lipinski definition) is 1. The van der Waals surface area contributed by atoms with E-state index < -0.39 is 12.5 Å². The van der Waals surface area contributed by atoms with Crippen molar-refractivity contribution in [1.29, 1.82) is 0 Å². The summed E-state index contributed by atoms with van der Waals surface area (Å²) in [6, 6.07) is 3.71. The molecule has 1 heterocycles. The smallest absolute Gasteiger partial charge is 0.234 e. The summed E-state index contributed by atoms with van der Waals surface area (Å²) in [5.74, 6) is 0.0232. The number of carbonyl (C=O) groups excluding carboxylic acids is 1. The second-order valence-corrected chi connectivity index (χ2v) is 6.43. The van der Waals surface area contributed by atoms with Gasteiger partial charge in [0.25, 0.3) is 0 Å². The van der Waals surface area contributed by atoms with Crippen molar-refractivity contribution in [2.75, 3.05) is 20.8 Å². The summed E-state index contributed by atoms with van der Waals surface area (Å²) in [7, 11) is 3.14. The van der Waals surface area contributed by atoms with E-state index in [1.807, 2.05) is 16.3 Å². The Hall–Kier alpha value is -0.950. The van der Waals surface area contributed by atoms with Crippen molar-refractivity contribution in [1.82, 2.24) is 4.90 Å². The molecule has 0 unspecified atom stereocenters. The number of amides is 1. The Kier molecular flexibility index (Phi) is 7.88. The van der Waals surface area contributed by atoms with Gasteiger partial charge in [0.1, 0.15) is 0 Å². The number of methoxy groups -OCH3 is 2. The Labute approximate surface area is 131 Å². The van der Waals surface area contributed by atoms with E-state index in [2.05, 4.69) is 19.9 Å². The van der Waals surface area contributed by atoms with E-state index in [0.717, 1.165) is 6.42 Å². The molecule has 120 valence electrons. The Morgan fingerprint density at radius 3 is 2.48 bits per heavy atom. The molecule has 1 atom stereocenters. The third kappa shape index (κ3) is 5.74. The standard InChI is InChI=1S/C15H26N2O3S/c1-11(2)10-13(14(16)18)17(15(19-3)20-4)8-7-12-6-5-9-21-12/h5-6,9,11,13,15H,7-8,10H2,1-4H3,(H2,16,18)/t13-/m0/s1. The lowest BCUT2D eigenvalue weighted by Gasteiger charge is -2.35. The highest BCUT2D eigenvalue weighted by atomic mass is 32.1. The first-order chi connectivity index (χ1) is 9.99. The maximum atomic E-state index is 11.8. The van der Waals surface area contributed by atoms with Crippen LogP contribution >= 0.6 is 11.3 Å². The van der Waals surface area contributed by atoms with E-state index in [4.69, 9.17) is 15.2 Å². The molecule has 1 aromatic heterocycles. The van der Waals surface area contributed by atoms with Crippen LogP contribution in [0.3, 0.4) is 0 Å². The normalized spacial score (nSPS) is 13.3. The molecular formula is C15H26N2O3S. The van der Waals surface area contributed by atoms with Gasteiger partial charge < -0.3 is 15.2 Å². The first-order valence-electron chi connectivity index (χ1n) is 7.12. The van der Waals surface area contributed by atoms with Crippen molar-refractivity contribution in [2.24, 2.45) is 11.7 Å². The fourth-order valence-corrected chi connectivity index (χ4v) is 3.03. The fourth-order valence-electron chi connectivity index (χ4n) is 2.33. The topological polar surface area (TPSA) is 64.8 Å². The molecule has 1 aromatic rings. The van der Waals surface area contributed by atoms with Crippen molar-refractivity contribution in [2.45, 2.75) is 39.1 Å². The predicted octanol–water partition coefficient (Wildman–Crippen LogP) is 2.07. The highest BCUT2D eigenvalue weighted by Gasteiger charge is 2.30. The molecule has 0 saturated heterocycles. The van der Waals surface area contributed by atoms with Crippen LogP contribution < -0.4 is 5.73 Å². The van der Waals surface area contributed by atoms with Crippen molar-refractivity contribution < 1.29 is 14.3 Å². The molecule has 0 bridgehead atoms. The molecule has 2 N–H and O–H groups in total. The van der Waals surface area contributed by atoms with Crippen LogP contribution in [0.5, 0.6) is 0 Å². The van der Waals surface area contributed by atoms with Gasteiger partial charge in [-0.2, -0.15) is 0 Å². The van der Waals surface area contributed by atoms with E-state index in [0.29, 0.717) is 18.9 Å². The minimum absolute atomic E-state index is 0.339. The number of nitrogens with zero attached hydrogens (tertiary/aromatic N) is 1. The molecule has 21 heavy (non-hydrogen) atoms. The third-order valence-corrected chi connectivity index (χ3v) is 4.23. The lowest BCUT2D eigenvalue weighted by atomic mass is 10.0. The summed E-state index contributed by atoms with van der Waals surface area (Å²) >= 11 is 1.70. The lowest BCUT2D eigenvalue weighted by molar-refractivity contribution is -0.209. The zero-order chi connectivity index (χ0) is 15.8. The predicted molar refractivity (Wildman–Crippen MR) is 85.0 cm³/mol. The first-order valence-corrected chi connectivity index (χ1v) is 8.00. The molecule has 1 amide bonds. The third-order valence-electron chi connectivity index (χ3n) is 3.29. The highest BCUT2D eigenvalue weighted by Crippen LogP contribution is 2.18. The quantitative estimate of drug-likeness (QED) is 0.672. The molecule has 0 saturated carbocycles. The number of primary amides is 1. The van der Waals surface area contributed by atoms with Crippen LogP contribution in [0.25, 0.3) is 0 Å². The lowest BCUT2D eigenvalue weighted by Crippen LogP contribution is -2.52. The van der Waals surface area contributed by atoms with E-state index >= 15 is 0 Å². The number of thiophene rings is 1. The van der Waals surface area contributed by atoms with Crippen LogP contribution in [0.15, 0.2) is 17.5 Å². The second kappa shape index (κ2) is 9.15. The number of ether oxygens (including phenoxy) is 2. The van der Waals surface area contributed by atoms with Crippen LogP contribution in [-0.2, 0) is 20.7 Å².